The highest BCUT2D eigenvalue weighted by atomic mass is 28.4. The van der Waals surface area contributed by atoms with E-state index in [0.29, 0.717) is 19.7 Å². The molecule has 1 atom stereocenters. The summed E-state index contributed by atoms with van der Waals surface area (Å²) in [6, 6.07) is 0.176. The molecule has 0 spiro atoms. The highest BCUT2D eigenvalue weighted by molar-refractivity contribution is 6.74. The molecule has 0 bridgehead atoms. The Morgan fingerprint density at radius 1 is 1.23 bits per heavy atom. The molecule has 0 aromatic rings. The highest BCUT2D eigenvalue weighted by Crippen LogP contribution is 2.36. The van der Waals surface area contributed by atoms with Crippen molar-refractivity contribution in [1.29, 1.82) is 0 Å². The van der Waals surface area contributed by atoms with Crippen LogP contribution in [0.4, 0.5) is 4.79 Å². The number of carbonyl (C=O) groups is 1. The monoisotopic (exact) mass is 330 g/mol. The van der Waals surface area contributed by atoms with E-state index < -0.39 is 13.9 Å². The quantitative estimate of drug-likeness (QED) is 0.807. The highest BCUT2D eigenvalue weighted by Gasteiger charge is 2.38. The van der Waals surface area contributed by atoms with Gasteiger partial charge in [-0.15, -0.1) is 0 Å². The van der Waals surface area contributed by atoms with E-state index in [1.165, 1.54) is 0 Å². The summed E-state index contributed by atoms with van der Waals surface area (Å²) >= 11 is 0. The molecule has 1 fully saturated rings. The number of hydrogen-bond donors (Lipinski definition) is 1. The molecule has 1 aliphatic rings. The van der Waals surface area contributed by atoms with Gasteiger partial charge in [-0.05, 0) is 38.9 Å². The van der Waals surface area contributed by atoms with Crippen LogP contribution in [0.5, 0.6) is 0 Å². The number of ether oxygens (including phenoxy) is 1. The number of rotatable bonds is 3. The Bertz CT molecular complexity index is 386. The van der Waals surface area contributed by atoms with Crippen molar-refractivity contribution in [1.82, 2.24) is 10.2 Å². The van der Waals surface area contributed by atoms with E-state index in [0.717, 1.165) is 6.54 Å². The van der Waals surface area contributed by atoms with Crippen LogP contribution < -0.4 is 5.32 Å². The van der Waals surface area contributed by atoms with E-state index >= 15 is 0 Å². The van der Waals surface area contributed by atoms with Crippen LogP contribution in [-0.4, -0.2) is 57.2 Å². The second-order valence-electron chi connectivity index (χ2n) is 8.65. The zero-order chi connectivity index (χ0) is 17.2. The molecule has 0 aromatic carbocycles. The zero-order valence-electron chi connectivity index (χ0n) is 15.6. The Hall–Kier alpha value is -0.593. The number of nitrogens with zero attached hydrogens (tertiary/aromatic N) is 1. The van der Waals surface area contributed by atoms with Crippen molar-refractivity contribution < 1.29 is 14.0 Å². The summed E-state index contributed by atoms with van der Waals surface area (Å²) in [5, 5.41) is 3.64. The molecule has 1 rings (SSSR count). The van der Waals surface area contributed by atoms with Crippen LogP contribution in [0.1, 0.15) is 41.5 Å². The molecule has 6 heteroatoms. The minimum atomic E-state index is -1.75. The second-order valence-corrected chi connectivity index (χ2v) is 13.5. The molecule has 0 saturated carbocycles. The average Bonchev–Trinajstić information content (AvgIpc) is 2.33. The Morgan fingerprint density at radius 3 is 2.32 bits per heavy atom. The van der Waals surface area contributed by atoms with Crippen molar-refractivity contribution in [3.63, 3.8) is 0 Å². The first-order chi connectivity index (χ1) is 9.82. The van der Waals surface area contributed by atoms with Gasteiger partial charge in [0.05, 0.1) is 6.61 Å². The lowest BCUT2D eigenvalue weighted by Crippen LogP contribution is -2.56. The molecule has 130 valence electrons. The summed E-state index contributed by atoms with van der Waals surface area (Å²) in [6.07, 6.45) is -0.230. The average molecular weight is 331 g/mol. The molecular weight excluding hydrogens is 296 g/mol. The maximum absolute atomic E-state index is 12.2. The van der Waals surface area contributed by atoms with Crippen LogP contribution in [-0.2, 0) is 9.16 Å². The van der Waals surface area contributed by atoms with Gasteiger partial charge in [-0.1, -0.05) is 20.8 Å². The zero-order valence-corrected chi connectivity index (χ0v) is 16.6. The third-order valence-electron chi connectivity index (χ3n) is 4.36. The molecule has 1 N–H and O–H groups in total. The standard InChI is InChI=1S/C16H34N2O3Si/c1-15(2,3)21-14(19)18-10-9-17-13(11-18)12-20-22(7,8)16(4,5)6/h13,17H,9-12H2,1-8H3/t13-/m0/s1. The molecule has 0 unspecified atom stereocenters. The molecule has 0 radical (unpaired) electrons. The maximum atomic E-state index is 12.2. The van der Waals surface area contributed by atoms with Crippen molar-refractivity contribution in [2.24, 2.45) is 0 Å². The summed E-state index contributed by atoms with van der Waals surface area (Å²) in [4.78, 5) is 13.9. The molecule has 1 aliphatic heterocycles. The molecule has 1 heterocycles. The first-order valence-electron chi connectivity index (χ1n) is 8.17. The van der Waals surface area contributed by atoms with E-state index in [9.17, 15) is 4.79 Å². The van der Waals surface area contributed by atoms with Crippen LogP contribution >= 0.6 is 0 Å². The molecule has 0 aromatic heterocycles. The summed E-state index contributed by atoms with van der Waals surface area (Å²) in [5.74, 6) is 0. The van der Waals surface area contributed by atoms with Gasteiger partial charge in [-0.25, -0.2) is 4.79 Å². The van der Waals surface area contributed by atoms with E-state index in [4.69, 9.17) is 9.16 Å². The van der Waals surface area contributed by atoms with Crippen LogP contribution in [0, 0.1) is 0 Å². The van der Waals surface area contributed by atoms with E-state index in [2.05, 4.69) is 39.2 Å². The first-order valence-corrected chi connectivity index (χ1v) is 11.1. The molecule has 5 nitrogen and oxygen atoms in total. The number of carbonyl (C=O) groups excluding carboxylic acids is 1. The predicted molar refractivity (Wildman–Crippen MR) is 92.7 cm³/mol. The van der Waals surface area contributed by atoms with Crippen LogP contribution in [0.25, 0.3) is 0 Å². The Morgan fingerprint density at radius 2 is 1.82 bits per heavy atom. The van der Waals surface area contributed by atoms with Gasteiger partial charge in [0.25, 0.3) is 0 Å². The van der Waals surface area contributed by atoms with Crippen molar-refractivity contribution in [2.45, 2.75) is 71.3 Å². The van der Waals surface area contributed by atoms with Crippen molar-refractivity contribution >= 4 is 14.4 Å². The first kappa shape index (κ1) is 19.5. The van der Waals surface area contributed by atoms with Gasteiger partial charge in [0.1, 0.15) is 5.60 Å². The normalized spacial score (nSPS) is 20.9. The Balaban J connectivity index is 2.52. The lowest BCUT2D eigenvalue weighted by Gasteiger charge is -2.39. The van der Waals surface area contributed by atoms with Gasteiger partial charge < -0.3 is 19.4 Å². The fraction of sp³-hybridized carbons (Fsp3) is 0.938. The third kappa shape index (κ3) is 5.89. The number of amides is 1. The predicted octanol–water partition coefficient (Wildman–Crippen LogP) is 3.22. The van der Waals surface area contributed by atoms with Crippen LogP contribution in [0.2, 0.25) is 18.1 Å². The van der Waals surface area contributed by atoms with E-state index in [1.54, 1.807) is 4.90 Å². The molecule has 1 amide bonds. The van der Waals surface area contributed by atoms with Gasteiger partial charge in [0.15, 0.2) is 8.32 Å². The Labute approximate surface area is 136 Å². The Kier molecular flexibility index (Phi) is 6.09. The minimum Gasteiger partial charge on any atom is -0.444 e. The smallest absolute Gasteiger partial charge is 0.410 e. The molecular formula is C16H34N2O3Si. The largest absolute Gasteiger partial charge is 0.444 e. The molecule has 1 saturated heterocycles. The lowest BCUT2D eigenvalue weighted by molar-refractivity contribution is 0.0176. The van der Waals surface area contributed by atoms with Gasteiger partial charge >= 0.3 is 6.09 Å². The minimum absolute atomic E-state index is 0.176. The van der Waals surface area contributed by atoms with E-state index in [-0.39, 0.29) is 17.2 Å². The fourth-order valence-corrected chi connectivity index (χ4v) is 3.01. The van der Waals surface area contributed by atoms with Crippen molar-refractivity contribution in [2.75, 3.05) is 26.2 Å². The van der Waals surface area contributed by atoms with Gasteiger partial charge in [-0.3, -0.25) is 0 Å². The van der Waals surface area contributed by atoms with Crippen molar-refractivity contribution in [3.8, 4) is 0 Å². The van der Waals surface area contributed by atoms with E-state index in [1.807, 2.05) is 20.8 Å². The second kappa shape index (κ2) is 6.89. The van der Waals surface area contributed by atoms with Gasteiger partial charge in [-0.2, -0.15) is 0 Å². The number of hydrogen-bond acceptors (Lipinski definition) is 4. The van der Waals surface area contributed by atoms with Crippen LogP contribution in [0.15, 0.2) is 0 Å². The summed E-state index contributed by atoms with van der Waals surface area (Å²) < 4.78 is 11.7. The molecule has 22 heavy (non-hydrogen) atoms. The number of piperazine rings is 1. The number of nitrogens with one attached hydrogen (secondary N) is 1. The van der Waals surface area contributed by atoms with Crippen LogP contribution in [0.3, 0.4) is 0 Å². The maximum Gasteiger partial charge on any atom is 0.410 e. The fourth-order valence-electron chi connectivity index (χ4n) is 1.95. The summed E-state index contributed by atoms with van der Waals surface area (Å²) in [6.45, 7) is 19.7. The van der Waals surface area contributed by atoms with Crippen molar-refractivity contribution in [3.05, 3.63) is 0 Å². The lowest BCUT2D eigenvalue weighted by atomic mass is 10.2. The van der Waals surface area contributed by atoms with Gasteiger partial charge in [0.2, 0.25) is 0 Å². The summed E-state index contributed by atoms with van der Waals surface area (Å²) in [5.41, 5.74) is -0.449. The SMILES string of the molecule is CC(C)(C)OC(=O)N1CCN[C@H](CO[Si](C)(C)C(C)(C)C)C1. The third-order valence-corrected chi connectivity index (χ3v) is 8.86. The van der Waals surface area contributed by atoms with Gasteiger partial charge in [0, 0.05) is 25.7 Å². The summed E-state index contributed by atoms with van der Waals surface area (Å²) in [7, 11) is -1.75. The molecule has 0 aliphatic carbocycles. The topological polar surface area (TPSA) is 50.8 Å².